The predicted molar refractivity (Wildman–Crippen MR) is 282 cm³/mol. The second kappa shape index (κ2) is 15.5. The van der Waals surface area contributed by atoms with Gasteiger partial charge in [0.2, 0.25) is 0 Å². The molecule has 66 heavy (non-hydrogen) atoms. The van der Waals surface area contributed by atoms with Gasteiger partial charge in [-0.3, -0.25) is 0 Å². The van der Waals surface area contributed by atoms with Gasteiger partial charge in [-0.15, -0.1) is 0 Å². The average molecular weight is 839 g/mol. The lowest BCUT2D eigenvalue weighted by atomic mass is 9.93. The molecule has 13 aromatic rings. The van der Waals surface area contributed by atoms with Crippen molar-refractivity contribution in [2.45, 2.75) is 0 Å². The number of hydrogen-bond acceptors (Lipinski definition) is 1. The van der Waals surface area contributed by atoms with Crippen molar-refractivity contribution in [1.82, 2.24) is 4.57 Å². The van der Waals surface area contributed by atoms with Gasteiger partial charge in [-0.05, 0) is 120 Å². The van der Waals surface area contributed by atoms with E-state index < -0.39 is 0 Å². The van der Waals surface area contributed by atoms with Gasteiger partial charge in [0.05, 0.1) is 22.4 Å². The Labute approximate surface area is 383 Å². The minimum Gasteiger partial charge on any atom is -0.309 e. The molecule has 0 atom stereocenters. The highest BCUT2D eigenvalue weighted by Gasteiger charge is 2.22. The summed E-state index contributed by atoms with van der Waals surface area (Å²) in [6, 6.07) is 93.5. The molecule has 0 aliphatic carbocycles. The maximum Gasteiger partial charge on any atom is 0.0547 e. The van der Waals surface area contributed by atoms with E-state index in [-0.39, 0.29) is 0 Å². The van der Waals surface area contributed by atoms with Crippen molar-refractivity contribution in [3.8, 4) is 39.1 Å². The number of anilines is 3. The van der Waals surface area contributed by atoms with Crippen LogP contribution < -0.4 is 4.90 Å². The van der Waals surface area contributed by atoms with Crippen molar-refractivity contribution in [3.63, 3.8) is 0 Å². The van der Waals surface area contributed by atoms with Crippen LogP contribution in [0.5, 0.6) is 0 Å². The summed E-state index contributed by atoms with van der Waals surface area (Å²) in [6.45, 7) is 0. The zero-order chi connectivity index (χ0) is 43.6. The normalized spacial score (nSPS) is 11.6. The molecule has 308 valence electrons. The number of aromatic nitrogens is 1. The van der Waals surface area contributed by atoms with Crippen molar-refractivity contribution in [2.75, 3.05) is 4.90 Å². The highest BCUT2D eigenvalue weighted by Crippen LogP contribution is 2.47. The van der Waals surface area contributed by atoms with E-state index in [1.807, 2.05) is 0 Å². The first-order valence-corrected chi connectivity index (χ1v) is 22.8. The van der Waals surface area contributed by atoms with Crippen LogP contribution in [0.25, 0.3) is 104 Å². The smallest absolute Gasteiger partial charge is 0.0547 e. The highest BCUT2D eigenvalue weighted by atomic mass is 15.1. The third kappa shape index (κ3) is 6.18. The molecule has 0 unspecified atom stereocenters. The van der Waals surface area contributed by atoms with Crippen LogP contribution in [0.4, 0.5) is 17.1 Å². The molecule has 0 spiro atoms. The maximum absolute atomic E-state index is 2.47. The lowest BCUT2D eigenvalue weighted by Gasteiger charge is -2.30. The first kappa shape index (κ1) is 37.8. The van der Waals surface area contributed by atoms with Crippen LogP contribution in [-0.4, -0.2) is 4.57 Å². The Morgan fingerprint density at radius 3 is 1.62 bits per heavy atom. The summed E-state index contributed by atoms with van der Waals surface area (Å²) < 4.78 is 2.47. The molecule has 0 radical (unpaired) electrons. The van der Waals surface area contributed by atoms with E-state index in [9.17, 15) is 0 Å². The minimum atomic E-state index is 1.09. The zero-order valence-corrected chi connectivity index (χ0v) is 36.1. The van der Waals surface area contributed by atoms with Crippen LogP contribution in [0.3, 0.4) is 0 Å². The van der Waals surface area contributed by atoms with Crippen LogP contribution in [0.2, 0.25) is 0 Å². The summed E-state index contributed by atoms with van der Waals surface area (Å²) in [5, 5.41) is 12.3. The Hall–Kier alpha value is -8.72. The summed E-state index contributed by atoms with van der Waals surface area (Å²) in [6.07, 6.45) is 0. The van der Waals surface area contributed by atoms with Gasteiger partial charge in [0.1, 0.15) is 0 Å². The van der Waals surface area contributed by atoms with Gasteiger partial charge in [-0.1, -0.05) is 200 Å². The lowest BCUT2D eigenvalue weighted by molar-refractivity contribution is 1.18. The van der Waals surface area contributed by atoms with Gasteiger partial charge in [-0.2, -0.15) is 0 Å². The number of nitrogens with zero attached hydrogens (tertiary/aromatic N) is 2. The van der Waals surface area contributed by atoms with Crippen molar-refractivity contribution >= 4 is 82.0 Å². The molecule has 0 saturated heterocycles. The van der Waals surface area contributed by atoms with E-state index in [0.29, 0.717) is 0 Å². The van der Waals surface area contributed by atoms with Crippen molar-refractivity contribution in [2.24, 2.45) is 0 Å². The van der Waals surface area contributed by atoms with Gasteiger partial charge >= 0.3 is 0 Å². The number of rotatable bonds is 7. The lowest BCUT2D eigenvalue weighted by Crippen LogP contribution is -2.12. The van der Waals surface area contributed by atoms with E-state index in [2.05, 4.69) is 264 Å². The Balaban J connectivity index is 1.04. The summed E-state index contributed by atoms with van der Waals surface area (Å²) in [5.74, 6) is 0. The van der Waals surface area contributed by atoms with E-state index in [4.69, 9.17) is 0 Å². The Morgan fingerprint density at radius 1 is 0.288 bits per heavy atom. The van der Waals surface area contributed by atoms with Crippen molar-refractivity contribution in [3.05, 3.63) is 255 Å². The van der Waals surface area contributed by atoms with E-state index in [0.717, 1.165) is 33.9 Å². The van der Waals surface area contributed by atoms with Crippen molar-refractivity contribution in [1.29, 1.82) is 0 Å². The molecule has 0 bridgehead atoms. The molecule has 0 aliphatic rings. The van der Waals surface area contributed by atoms with Crippen molar-refractivity contribution < 1.29 is 0 Å². The molecule has 0 fully saturated rings. The number of para-hydroxylation sites is 1. The second-order valence-corrected chi connectivity index (χ2v) is 17.3. The molecular formula is C64H42N2. The van der Waals surface area contributed by atoms with Crippen LogP contribution in [0, 0.1) is 0 Å². The van der Waals surface area contributed by atoms with Crippen LogP contribution in [0.1, 0.15) is 0 Å². The number of fused-ring (bicyclic) bond motifs is 8. The van der Waals surface area contributed by atoms with Gasteiger partial charge in [-0.25, -0.2) is 0 Å². The van der Waals surface area contributed by atoms with Crippen LogP contribution in [0.15, 0.2) is 255 Å². The van der Waals surface area contributed by atoms with Crippen LogP contribution in [-0.2, 0) is 0 Å². The molecule has 2 heteroatoms. The molecule has 1 heterocycles. The molecule has 2 nitrogen and oxygen atoms in total. The van der Waals surface area contributed by atoms with Gasteiger partial charge in [0.15, 0.2) is 0 Å². The van der Waals surface area contributed by atoms with E-state index >= 15 is 0 Å². The zero-order valence-electron chi connectivity index (χ0n) is 36.1. The number of hydrogen-bond donors (Lipinski definition) is 0. The Kier molecular flexibility index (Phi) is 8.89. The fourth-order valence-corrected chi connectivity index (χ4v) is 10.5. The molecule has 0 aliphatic heterocycles. The molecule has 13 rings (SSSR count). The quantitative estimate of drug-likeness (QED) is 0.155. The van der Waals surface area contributed by atoms with Crippen LogP contribution >= 0.6 is 0 Å². The van der Waals surface area contributed by atoms with E-state index in [1.54, 1.807) is 0 Å². The summed E-state index contributed by atoms with van der Waals surface area (Å²) in [5.41, 5.74) is 13.9. The van der Waals surface area contributed by atoms with Gasteiger partial charge in [0, 0.05) is 33.1 Å². The fourth-order valence-electron chi connectivity index (χ4n) is 10.5. The Bertz CT molecular complexity index is 3980. The van der Waals surface area contributed by atoms with Gasteiger partial charge < -0.3 is 9.47 Å². The average Bonchev–Trinajstić information content (AvgIpc) is 3.74. The topological polar surface area (TPSA) is 8.17 Å². The summed E-state index contributed by atoms with van der Waals surface area (Å²) in [7, 11) is 0. The molecule has 0 amide bonds. The largest absolute Gasteiger partial charge is 0.309 e. The SMILES string of the molecule is c1ccc(-c2c(N(c3ccc(-c4cc(-c5cccc6ccccc56)cc(-n5c6ccccc6c6c7ccccc7ccc65)c4)cc3)c3cccc4ccccc34)ccc3ccccc23)cc1. The summed E-state index contributed by atoms with van der Waals surface area (Å²) >= 11 is 0. The molecule has 0 N–H and O–H groups in total. The second-order valence-electron chi connectivity index (χ2n) is 17.3. The van der Waals surface area contributed by atoms with E-state index in [1.165, 1.54) is 87.1 Å². The first-order valence-electron chi connectivity index (χ1n) is 22.8. The third-order valence-electron chi connectivity index (χ3n) is 13.5. The molecule has 1 aromatic heterocycles. The fraction of sp³-hybridized carbons (Fsp3) is 0. The standard InChI is InChI=1S/C64H42N2/c1-2-20-48(21-3-1)63-56-26-10-6-18-46(56)34-38-61(63)65(59-31-15-23-45-17-5-9-25-55(45)59)51-36-32-43(33-37-51)49-40-50(54-29-14-22-44-16-4-8-24-53(44)54)42-52(41-49)66-60-30-13-12-28-58(60)64-57-27-11-7-19-47(57)35-39-62(64)66/h1-42H. The first-order chi connectivity index (χ1) is 32.7. The minimum absolute atomic E-state index is 1.09. The van der Waals surface area contributed by atoms with Gasteiger partial charge in [0.25, 0.3) is 0 Å². The Morgan fingerprint density at radius 2 is 0.848 bits per heavy atom. The highest BCUT2D eigenvalue weighted by molar-refractivity contribution is 6.21. The molecule has 0 saturated carbocycles. The molecular weight excluding hydrogens is 797 g/mol. The maximum atomic E-state index is 2.47. The third-order valence-corrected chi connectivity index (χ3v) is 13.5. The molecule has 12 aromatic carbocycles. The predicted octanol–water partition coefficient (Wildman–Crippen LogP) is 17.9. The summed E-state index contributed by atoms with van der Waals surface area (Å²) in [4.78, 5) is 2.46. The number of benzene rings is 12. The monoisotopic (exact) mass is 838 g/mol.